The van der Waals surface area contributed by atoms with E-state index < -0.39 is 0 Å². The van der Waals surface area contributed by atoms with E-state index in [1.54, 1.807) is 12.3 Å². The van der Waals surface area contributed by atoms with Gasteiger partial charge in [0.25, 0.3) is 5.91 Å². The van der Waals surface area contributed by atoms with Crippen molar-refractivity contribution >= 4 is 18.3 Å². The van der Waals surface area contributed by atoms with Gasteiger partial charge < -0.3 is 10.6 Å². The fraction of sp³-hybridized carbons (Fsp3) is 0.636. The first kappa shape index (κ1) is 14.0. The Kier molecular flexibility index (Phi) is 4.96. The third kappa shape index (κ3) is 2.98. The molecule has 0 aliphatic carbocycles. The van der Waals surface area contributed by atoms with Crippen LogP contribution in [0.5, 0.6) is 0 Å². The molecule has 1 aliphatic heterocycles. The van der Waals surface area contributed by atoms with Crippen molar-refractivity contribution in [2.45, 2.75) is 38.3 Å². The number of amides is 1. The van der Waals surface area contributed by atoms with Gasteiger partial charge >= 0.3 is 0 Å². The zero-order valence-corrected chi connectivity index (χ0v) is 10.7. The average Bonchev–Trinajstić information content (AvgIpc) is 2.81. The number of carbonyl (C=O) groups excluding carboxylic acids is 1. The third-order valence-corrected chi connectivity index (χ3v) is 3.15. The number of H-pyrrole nitrogens is 1. The van der Waals surface area contributed by atoms with Crippen LogP contribution in [0.3, 0.4) is 0 Å². The fourth-order valence-electron chi connectivity index (χ4n) is 2.29. The standard InChI is InChI=1S/C11H18N4O.ClH/c1-8(12)10-4-2-3-7-15(10)11(16)9-5-6-13-14-9;/h5-6,8,10H,2-4,7,12H2,1H3,(H,13,14);1H. The second-order valence-electron chi connectivity index (χ2n) is 4.39. The van der Waals surface area contributed by atoms with Crippen molar-refractivity contribution in [3.63, 3.8) is 0 Å². The molecule has 1 aromatic rings. The summed E-state index contributed by atoms with van der Waals surface area (Å²) in [7, 11) is 0. The second kappa shape index (κ2) is 6.02. The molecule has 0 spiro atoms. The van der Waals surface area contributed by atoms with Crippen LogP contribution in [-0.4, -0.2) is 39.6 Å². The summed E-state index contributed by atoms with van der Waals surface area (Å²) < 4.78 is 0. The van der Waals surface area contributed by atoms with Crippen molar-refractivity contribution in [2.24, 2.45) is 5.73 Å². The summed E-state index contributed by atoms with van der Waals surface area (Å²) >= 11 is 0. The monoisotopic (exact) mass is 258 g/mol. The molecule has 1 aliphatic rings. The van der Waals surface area contributed by atoms with E-state index in [-0.39, 0.29) is 30.4 Å². The number of carbonyl (C=O) groups is 1. The van der Waals surface area contributed by atoms with E-state index in [9.17, 15) is 4.79 Å². The maximum Gasteiger partial charge on any atom is 0.272 e. The zero-order valence-electron chi connectivity index (χ0n) is 9.93. The Morgan fingerprint density at radius 1 is 1.65 bits per heavy atom. The maximum atomic E-state index is 12.2. The second-order valence-corrected chi connectivity index (χ2v) is 4.39. The number of nitrogens with zero attached hydrogens (tertiary/aromatic N) is 2. The molecule has 2 unspecified atom stereocenters. The minimum atomic E-state index is 0. The smallest absolute Gasteiger partial charge is 0.272 e. The molecule has 0 saturated carbocycles. The van der Waals surface area contributed by atoms with E-state index in [0.29, 0.717) is 5.69 Å². The molecule has 0 bridgehead atoms. The Balaban J connectivity index is 0.00000144. The quantitative estimate of drug-likeness (QED) is 0.836. The van der Waals surface area contributed by atoms with Crippen LogP contribution in [0, 0.1) is 0 Å². The van der Waals surface area contributed by atoms with Gasteiger partial charge in [-0.15, -0.1) is 12.4 Å². The van der Waals surface area contributed by atoms with Crippen molar-refractivity contribution in [1.82, 2.24) is 15.1 Å². The van der Waals surface area contributed by atoms with E-state index >= 15 is 0 Å². The lowest BCUT2D eigenvalue weighted by Crippen LogP contribution is -2.51. The number of aromatic nitrogens is 2. The first-order chi connectivity index (χ1) is 7.70. The van der Waals surface area contributed by atoms with Crippen molar-refractivity contribution in [1.29, 1.82) is 0 Å². The number of rotatable bonds is 2. The molecule has 0 radical (unpaired) electrons. The van der Waals surface area contributed by atoms with Crippen molar-refractivity contribution in [3.05, 3.63) is 18.0 Å². The highest BCUT2D eigenvalue weighted by Crippen LogP contribution is 2.20. The van der Waals surface area contributed by atoms with Gasteiger partial charge in [0.2, 0.25) is 0 Å². The Morgan fingerprint density at radius 3 is 3.00 bits per heavy atom. The van der Waals surface area contributed by atoms with Crippen molar-refractivity contribution in [3.8, 4) is 0 Å². The van der Waals surface area contributed by atoms with Gasteiger partial charge in [0.15, 0.2) is 0 Å². The van der Waals surface area contributed by atoms with Crippen LogP contribution in [0.25, 0.3) is 0 Å². The molecule has 5 nitrogen and oxygen atoms in total. The summed E-state index contributed by atoms with van der Waals surface area (Å²) in [6, 6.07) is 1.88. The largest absolute Gasteiger partial charge is 0.333 e. The van der Waals surface area contributed by atoms with Gasteiger partial charge in [-0.2, -0.15) is 5.10 Å². The van der Waals surface area contributed by atoms with Crippen molar-refractivity contribution < 1.29 is 4.79 Å². The van der Waals surface area contributed by atoms with Crippen LogP contribution in [0.2, 0.25) is 0 Å². The van der Waals surface area contributed by atoms with E-state index in [1.807, 2.05) is 11.8 Å². The molecule has 2 atom stereocenters. The summed E-state index contributed by atoms with van der Waals surface area (Å²) in [5.74, 6) is 0.0134. The lowest BCUT2D eigenvalue weighted by atomic mass is 9.96. The van der Waals surface area contributed by atoms with E-state index in [1.165, 1.54) is 0 Å². The van der Waals surface area contributed by atoms with Crippen LogP contribution in [0.15, 0.2) is 12.3 Å². The average molecular weight is 259 g/mol. The van der Waals surface area contributed by atoms with Crippen molar-refractivity contribution in [2.75, 3.05) is 6.54 Å². The van der Waals surface area contributed by atoms with Gasteiger partial charge in [0.1, 0.15) is 5.69 Å². The number of piperidine rings is 1. The number of nitrogens with one attached hydrogen (secondary N) is 1. The topological polar surface area (TPSA) is 75.0 Å². The summed E-state index contributed by atoms with van der Waals surface area (Å²) in [5.41, 5.74) is 6.48. The molecule has 1 aromatic heterocycles. The molecular weight excluding hydrogens is 240 g/mol. The number of hydrogen-bond acceptors (Lipinski definition) is 3. The molecule has 2 heterocycles. The highest BCUT2D eigenvalue weighted by molar-refractivity contribution is 5.92. The van der Waals surface area contributed by atoms with Crippen LogP contribution in [0.4, 0.5) is 0 Å². The number of nitrogens with two attached hydrogens (primary N) is 1. The molecular formula is C11H19ClN4O. The van der Waals surface area contributed by atoms with Gasteiger partial charge in [0, 0.05) is 24.8 Å². The van der Waals surface area contributed by atoms with E-state index in [2.05, 4.69) is 10.2 Å². The Bertz CT molecular complexity index is 352. The molecule has 0 aromatic carbocycles. The van der Waals surface area contributed by atoms with Gasteiger partial charge in [-0.1, -0.05) is 0 Å². The predicted octanol–water partition coefficient (Wildman–Crippen LogP) is 1.17. The highest BCUT2D eigenvalue weighted by Gasteiger charge is 2.30. The maximum absolute atomic E-state index is 12.2. The first-order valence-corrected chi connectivity index (χ1v) is 5.76. The molecule has 1 saturated heterocycles. The number of aromatic amines is 1. The van der Waals surface area contributed by atoms with Gasteiger partial charge in [0.05, 0.1) is 0 Å². The summed E-state index contributed by atoms with van der Waals surface area (Å²) in [6.45, 7) is 2.76. The van der Waals surface area contributed by atoms with E-state index in [4.69, 9.17) is 5.73 Å². The molecule has 2 rings (SSSR count). The van der Waals surface area contributed by atoms with Gasteiger partial charge in [-0.3, -0.25) is 9.89 Å². The number of likely N-dealkylation sites (tertiary alicyclic amines) is 1. The SMILES string of the molecule is CC(N)C1CCCCN1C(=O)c1ccn[nH]1.Cl. The normalized spacial score (nSPS) is 21.8. The fourth-order valence-corrected chi connectivity index (χ4v) is 2.29. The zero-order chi connectivity index (χ0) is 11.5. The lowest BCUT2D eigenvalue weighted by molar-refractivity contribution is 0.0577. The van der Waals surface area contributed by atoms with Crippen LogP contribution < -0.4 is 5.73 Å². The Labute approximate surface area is 107 Å². The lowest BCUT2D eigenvalue weighted by Gasteiger charge is -2.37. The summed E-state index contributed by atoms with van der Waals surface area (Å²) in [5, 5.41) is 6.52. The Hall–Kier alpha value is -1.07. The van der Waals surface area contributed by atoms with Gasteiger partial charge in [-0.25, -0.2) is 0 Å². The third-order valence-electron chi connectivity index (χ3n) is 3.15. The predicted molar refractivity (Wildman–Crippen MR) is 68.2 cm³/mol. The Morgan fingerprint density at radius 2 is 2.41 bits per heavy atom. The highest BCUT2D eigenvalue weighted by atomic mass is 35.5. The van der Waals surface area contributed by atoms with Gasteiger partial charge in [-0.05, 0) is 32.3 Å². The van der Waals surface area contributed by atoms with E-state index in [0.717, 1.165) is 25.8 Å². The van der Waals surface area contributed by atoms with Crippen LogP contribution in [0.1, 0.15) is 36.7 Å². The molecule has 1 fully saturated rings. The summed E-state index contributed by atoms with van der Waals surface area (Å²) in [6.07, 6.45) is 4.80. The molecule has 96 valence electrons. The van der Waals surface area contributed by atoms with Crippen LogP contribution in [-0.2, 0) is 0 Å². The molecule has 1 amide bonds. The number of hydrogen-bond donors (Lipinski definition) is 2. The number of halogens is 1. The first-order valence-electron chi connectivity index (χ1n) is 5.76. The summed E-state index contributed by atoms with van der Waals surface area (Å²) in [4.78, 5) is 14.1. The minimum Gasteiger partial charge on any atom is -0.333 e. The minimum absolute atomic E-state index is 0. The molecule has 3 N–H and O–H groups in total. The molecule has 6 heteroatoms. The van der Waals surface area contributed by atoms with Crippen LogP contribution >= 0.6 is 12.4 Å². The molecule has 17 heavy (non-hydrogen) atoms.